The molecule has 5 heteroatoms. The summed E-state index contributed by atoms with van der Waals surface area (Å²) < 4.78 is 5.44. The quantitative estimate of drug-likeness (QED) is 0.0623. The van der Waals surface area contributed by atoms with E-state index >= 15 is 0 Å². The van der Waals surface area contributed by atoms with E-state index in [0.717, 1.165) is 24.0 Å². The van der Waals surface area contributed by atoms with Gasteiger partial charge in [-0.05, 0) is 54.8 Å². The first-order valence-electron chi connectivity index (χ1n) is 14.8. The number of aryl methyl sites for hydroxylation is 1. The molecule has 0 saturated carbocycles. The lowest BCUT2D eigenvalue weighted by Crippen LogP contribution is -2.16. The van der Waals surface area contributed by atoms with Crippen LogP contribution in [0.5, 0.6) is 5.75 Å². The Bertz CT molecular complexity index is 953. The average Bonchev–Trinajstić information content (AvgIpc) is 2.92. The van der Waals surface area contributed by atoms with Crippen LogP contribution < -0.4 is 10.2 Å². The molecule has 0 aromatic heterocycles. The van der Waals surface area contributed by atoms with Gasteiger partial charge >= 0.3 is 5.97 Å². The van der Waals surface area contributed by atoms with Gasteiger partial charge in [0.25, 0.3) is 0 Å². The van der Waals surface area contributed by atoms with Crippen molar-refractivity contribution in [1.29, 1.82) is 0 Å². The Morgan fingerprint density at radius 3 is 1.82 bits per heavy atom. The van der Waals surface area contributed by atoms with E-state index in [-0.39, 0.29) is 11.9 Å². The molecule has 5 nitrogen and oxygen atoms in total. The predicted molar refractivity (Wildman–Crippen MR) is 158 cm³/mol. The molecule has 0 saturated heterocycles. The van der Waals surface area contributed by atoms with Gasteiger partial charge in [0, 0.05) is 6.42 Å². The number of hydrazone groups is 1. The smallest absolute Gasteiger partial charge is 0.343 e. The highest BCUT2D eigenvalue weighted by Gasteiger charge is 2.10. The minimum atomic E-state index is -0.379. The van der Waals surface area contributed by atoms with E-state index in [9.17, 15) is 9.59 Å². The van der Waals surface area contributed by atoms with Crippen LogP contribution in [0.25, 0.3) is 0 Å². The third-order valence-electron chi connectivity index (χ3n) is 6.87. The molecule has 38 heavy (non-hydrogen) atoms. The summed E-state index contributed by atoms with van der Waals surface area (Å²) in [7, 11) is 0. The van der Waals surface area contributed by atoms with Crippen molar-refractivity contribution in [3.8, 4) is 5.75 Å². The van der Waals surface area contributed by atoms with Gasteiger partial charge in [-0.2, -0.15) is 5.10 Å². The van der Waals surface area contributed by atoms with E-state index < -0.39 is 0 Å². The lowest BCUT2D eigenvalue weighted by atomic mass is 10.0. The Kier molecular flexibility index (Phi) is 16.5. The highest BCUT2D eigenvalue weighted by Crippen LogP contribution is 2.16. The molecule has 2 aromatic carbocycles. The number of esters is 1. The monoisotopic (exact) mass is 520 g/mol. The molecule has 0 bridgehead atoms. The number of carbonyl (C=O) groups is 2. The molecule has 0 aliphatic carbocycles. The van der Waals surface area contributed by atoms with Crippen molar-refractivity contribution in [3.05, 3.63) is 65.2 Å². The number of hydrogen-bond donors (Lipinski definition) is 1. The Balaban J connectivity index is 1.46. The summed E-state index contributed by atoms with van der Waals surface area (Å²) in [6.45, 7) is 4.15. The molecule has 2 aromatic rings. The van der Waals surface area contributed by atoms with Crippen molar-refractivity contribution in [2.75, 3.05) is 0 Å². The van der Waals surface area contributed by atoms with Crippen molar-refractivity contribution in [2.24, 2.45) is 5.10 Å². The number of nitrogens with zero attached hydrogens (tertiary/aromatic N) is 1. The number of unbranched alkanes of at least 4 members (excludes halogenated alkanes) is 14. The Morgan fingerprint density at radius 2 is 1.26 bits per heavy atom. The summed E-state index contributed by atoms with van der Waals surface area (Å²) in [6, 6.07) is 14.4. The number of benzene rings is 2. The molecule has 0 aliphatic heterocycles. The number of nitrogens with one attached hydrogen (secondary N) is 1. The van der Waals surface area contributed by atoms with Crippen molar-refractivity contribution >= 4 is 18.1 Å². The molecule has 208 valence electrons. The van der Waals surface area contributed by atoms with Gasteiger partial charge in [-0.15, -0.1) is 0 Å². The second-order valence-electron chi connectivity index (χ2n) is 10.3. The van der Waals surface area contributed by atoms with Crippen molar-refractivity contribution in [3.63, 3.8) is 0 Å². The van der Waals surface area contributed by atoms with Gasteiger partial charge in [-0.3, -0.25) is 4.79 Å². The van der Waals surface area contributed by atoms with Gasteiger partial charge in [0.1, 0.15) is 5.75 Å². The van der Waals surface area contributed by atoms with Gasteiger partial charge < -0.3 is 4.74 Å². The van der Waals surface area contributed by atoms with Crippen LogP contribution in [0.4, 0.5) is 0 Å². The van der Waals surface area contributed by atoms with E-state index in [4.69, 9.17) is 4.74 Å². The maximum absolute atomic E-state index is 12.3. The molecule has 2 rings (SSSR count). The molecular weight excluding hydrogens is 472 g/mol. The molecule has 0 radical (unpaired) electrons. The van der Waals surface area contributed by atoms with E-state index in [1.54, 1.807) is 36.5 Å². The van der Waals surface area contributed by atoms with E-state index in [1.165, 1.54) is 83.5 Å². The molecule has 0 unspecified atom stereocenters. The molecule has 1 amide bonds. The largest absolute Gasteiger partial charge is 0.423 e. The second kappa shape index (κ2) is 20.1. The van der Waals surface area contributed by atoms with Gasteiger partial charge in [-0.1, -0.05) is 115 Å². The van der Waals surface area contributed by atoms with Crippen LogP contribution in [-0.4, -0.2) is 18.1 Å². The fraction of sp³-hybridized carbons (Fsp3) is 0.545. The normalized spacial score (nSPS) is 11.1. The lowest BCUT2D eigenvalue weighted by molar-refractivity contribution is -0.121. The number of hydrogen-bond acceptors (Lipinski definition) is 4. The summed E-state index contributed by atoms with van der Waals surface area (Å²) >= 11 is 0. The topological polar surface area (TPSA) is 67.8 Å². The van der Waals surface area contributed by atoms with Gasteiger partial charge in [-0.25, -0.2) is 10.2 Å². The molecular formula is C33H48N2O3. The zero-order valence-corrected chi connectivity index (χ0v) is 23.7. The molecule has 1 N–H and O–H groups in total. The molecule has 0 fully saturated rings. The van der Waals surface area contributed by atoms with Gasteiger partial charge in [0.15, 0.2) is 0 Å². The fourth-order valence-electron chi connectivity index (χ4n) is 4.48. The minimum absolute atomic E-state index is 0.0558. The van der Waals surface area contributed by atoms with Crippen LogP contribution in [0, 0.1) is 6.92 Å². The van der Waals surface area contributed by atoms with Gasteiger partial charge in [0.2, 0.25) is 5.91 Å². The van der Waals surface area contributed by atoms with Crippen molar-refractivity contribution in [2.45, 2.75) is 117 Å². The number of carbonyl (C=O) groups excluding carboxylic acids is 2. The fourth-order valence-corrected chi connectivity index (χ4v) is 4.48. The van der Waals surface area contributed by atoms with Crippen LogP contribution in [0.1, 0.15) is 131 Å². The van der Waals surface area contributed by atoms with Crippen LogP contribution in [0.3, 0.4) is 0 Å². The van der Waals surface area contributed by atoms with Crippen LogP contribution in [0.15, 0.2) is 53.6 Å². The van der Waals surface area contributed by atoms with Crippen molar-refractivity contribution in [1.82, 2.24) is 5.43 Å². The van der Waals surface area contributed by atoms with Crippen LogP contribution >= 0.6 is 0 Å². The van der Waals surface area contributed by atoms with Crippen molar-refractivity contribution < 1.29 is 14.3 Å². The first-order valence-corrected chi connectivity index (χ1v) is 14.8. The lowest BCUT2D eigenvalue weighted by Gasteiger charge is -2.06. The van der Waals surface area contributed by atoms with E-state index in [2.05, 4.69) is 17.5 Å². The molecule has 0 atom stereocenters. The van der Waals surface area contributed by atoms with Crippen LogP contribution in [-0.2, 0) is 4.79 Å². The summed E-state index contributed by atoms with van der Waals surface area (Å²) in [4.78, 5) is 24.3. The Morgan fingerprint density at radius 1 is 0.737 bits per heavy atom. The summed E-state index contributed by atoms with van der Waals surface area (Å²) in [5, 5.41) is 4.05. The summed E-state index contributed by atoms with van der Waals surface area (Å²) in [5.74, 6) is 0.0305. The first-order chi connectivity index (χ1) is 18.6. The van der Waals surface area contributed by atoms with Crippen LogP contribution in [0.2, 0.25) is 0 Å². The maximum Gasteiger partial charge on any atom is 0.343 e. The summed E-state index contributed by atoms with van der Waals surface area (Å²) in [6.07, 6.45) is 21.8. The standard InChI is InChI=1S/C33H48N2O3/c1-3-4-5-6-7-8-9-10-11-12-13-14-15-16-17-22-32(36)35-34-27-29-23-25-30(26-24-29)38-33(37)31-21-19-18-20-28(31)2/h18-21,23-27H,3-17,22H2,1-2H3,(H,35,36)/b34-27+. The number of rotatable bonds is 20. The highest BCUT2D eigenvalue weighted by atomic mass is 16.5. The summed E-state index contributed by atoms with van der Waals surface area (Å²) in [5.41, 5.74) is 4.84. The number of amides is 1. The average molecular weight is 521 g/mol. The molecule has 0 aliphatic rings. The van der Waals surface area contributed by atoms with E-state index in [0.29, 0.717) is 17.7 Å². The predicted octanol–water partition coefficient (Wildman–Crippen LogP) is 8.93. The molecule has 0 spiro atoms. The zero-order chi connectivity index (χ0) is 27.3. The minimum Gasteiger partial charge on any atom is -0.423 e. The maximum atomic E-state index is 12.3. The Labute approximate surface area is 230 Å². The third-order valence-corrected chi connectivity index (χ3v) is 6.87. The highest BCUT2D eigenvalue weighted by molar-refractivity contribution is 5.92. The SMILES string of the molecule is CCCCCCCCCCCCCCCCCC(=O)N/N=C/c1ccc(OC(=O)c2ccccc2C)cc1. The van der Waals surface area contributed by atoms with Gasteiger partial charge in [0.05, 0.1) is 11.8 Å². The molecule has 0 heterocycles. The Hall–Kier alpha value is -2.95. The zero-order valence-electron chi connectivity index (χ0n) is 23.7. The third kappa shape index (κ3) is 14.1. The van der Waals surface area contributed by atoms with E-state index in [1.807, 2.05) is 25.1 Å². The number of ether oxygens (including phenoxy) is 1. The second-order valence-corrected chi connectivity index (χ2v) is 10.3. The first kappa shape index (κ1) is 31.3.